The Kier molecular flexibility index (Phi) is 6.31. The predicted molar refractivity (Wildman–Crippen MR) is 114 cm³/mol. The molecular formula is C23H24BrNO4. The maximum absolute atomic E-state index is 11.9. The first-order chi connectivity index (χ1) is 14.1. The van der Waals surface area contributed by atoms with Gasteiger partial charge in [0, 0.05) is 17.0 Å². The zero-order valence-electron chi connectivity index (χ0n) is 16.4. The number of hydrogen-bond acceptors (Lipinski definition) is 5. The number of hydrogen-bond donors (Lipinski definition) is 0. The number of esters is 1. The second-order valence-electron chi connectivity index (χ2n) is 7.56. The fourth-order valence-electron chi connectivity index (χ4n) is 3.90. The van der Waals surface area contributed by atoms with Gasteiger partial charge < -0.3 is 13.9 Å². The molecule has 1 aliphatic rings. The van der Waals surface area contributed by atoms with Crippen LogP contribution in [0.15, 0.2) is 51.4 Å². The molecule has 1 aliphatic carbocycles. The Bertz CT molecular complexity index is 977. The number of oxazole rings is 1. The molecule has 0 amide bonds. The lowest BCUT2D eigenvalue weighted by molar-refractivity contribution is 0.0600. The summed E-state index contributed by atoms with van der Waals surface area (Å²) in [5, 5.41) is 0. The Hall–Kier alpha value is -2.18. The molecule has 6 heteroatoms. The first kappa shape index (κ1) is 20.1. The van der Waals surface area contributed by atoms with Crippen LogP contribution in [-0.2, 0) is 16.1 Å². The summed E-state index contributed by atoms with van der Waals surface area (Å²) in [6.45, 7) is 1.47. The summed E-state index contributed by atoms with van der Waals surface area (Å²) in [5.74, 6) is 1.27. The monoisotopic (exact) mass is 457 g/mol. The Morgan fingerprint density at radius 1 is 1.17 bits per heavy atom. The fraction of sp³-hybridized carbons (Fsp3) is 0.391. The highest BCUT2D eigenvalue weighted by molar-refractivity contribution is 9.10. The van der Waals surface area contributed by atoms with E-state index in [1.54, 1.807) is 12.1 Å². The van der Waals surface area contributed by atoms with Crippen LogP contribution < -0.4 is 0 Å². The second-order valence-corrected chi connectivity index (χ2v) is 8.42. The maximum atomic E-state index is 11.9. The number of carbonyl (C=O) groups excluding carboxylic acids is 1. The lowest BCUT2D eigenvalue weighted by Gasteiger charge is -2.26. The van der Waals surface area contributed by atoms with Crippen molar-refractivity contribution in [2.45, 2.75) is 38.2 Å². The smallest absolute Gasteiger partial charge is 0.339 e. The minimum Gasteiger partial charge on any atom is -0.465 e. The molecule has 29 heavy (non-hydrogen) atoms. The van der Waals surface area contributed by atoms with Gasteiger partial charge >= 0.3 is 5.97 Å². The van der Waals surface area contributed by atoms with Crippen LogP contribution in [0.25, 0.3) is 11.1 Å². The van der Waals surface area contributed by atoms with Crippen LogP contribution >= 0.6 is 15.9 Å². The molecule has 0 saturated heterocycles. The van der Waals surface area contributed by atoms with Crippen LogP contribution in [0.1, 0.15) is 53.4 Å². The Morgan fingerprint density at radius 2 is 1.93 bits per heavy atom. The van der Waals surface area contributed by atoms with Gasteiger partial charge in [-0.15, -0.1) is 0 Å². The van der Waals surface area contributed by atoms with Crippen LogP contribution in [0, 0.1) is 5.92 Å². The molecule has 4 rings (SSSR count). The van der Waals surface area contributed by atoms with Gasteiger partial charge in [-0.25, -0.2) is 9.78 Å². The summed E-state index contributed by atoms with van der Waals surface area (Å²) in [5.41, 5.74) is 3.05. The van der Waals surface area contributed by atoms with E-state index in [2.05, 4.69) is 33.0 Å². The van der Waals surface area contributed by atoms with Crippen molar-refractivity contribution >= 4 is 33.0 Å². The highest BCUT2D eigenvalue weighted by atomic mass is 79.9. The molecule has 0 aliphatic heterocycles. The van der Waals surface area contributed by atoms with E-state index >= 15 is 0 Å². The van der Waals surface area contributed by atoms with Gasteiger partial charge in [0.15, 0.2) is 11.5 Å². The van der Waals surface area contributed by atoms with Gasteiger partial charge in [0.25, 0.3) is 0 Å². The standard InChI is InChI=1S/C23H24BrNO4/c1-27-23(26)18-11-20-21(12-19(18)24)29-22(25-20)17-9-7-16(8-10-17)14-28-13-15-5-3-2-4-6-15/h2-6,11-12,16-17H,7-10,13-14H2,1H3/t16-,17-. The third-order valence-electron chi connectivity index (χ3n) is 5.56. The van der Waals surface area contributed by atoms with E-state index in [0.29, 0.717) is 39.6 Å². The van der Waals surface area contributed by atoms with E-state index in [4.69, 9.17) is 13.9 Å². The van der Waals surface area contributed by atoms with Crippen molar-refractivity contribution in [3.8, 4) is 0 Å². The maximum Gasteiger partial charge on any atom is 0.339 e. The Balaban J connectivity index is 1.34. The lowest BCUT2D eigenvalue weighted by atomic mass is 9.82. The van der Waals surface area contributed by atoms with Gasteiger partial charge in [-0.1, -0.05) is 30.3 Å². The number of rotatable bonds is 6. The molecule has 0 spiro atoms. The molecule has 3 aromatic rings. The SMILES string of the molecule is COC(=O)c1cc2nc([C@H]3CC[C@H](COCc4ccccc4)CC3)oc2cc1Br. The quantitative estimate of drug-likeness (QED) is 0.433. The van der Waals surface area contributed by atoms with Gasteiger partial charge in [-0.2, -0.15) is 0 Å². The van der Waals surface area contributed by atoms with E-state index in [9.17, 15) is 4.79 Å². The van der Waals surface area contributed by atoms with Gasteiger partial charge in [0.2, 0.25) is 0 Å². The van der Waals surface area contributed by atoms with Crippen molar-refractivity contribution in [3.05, 3.63) is 64.0 Å². The summed E-state index contributed by atoms with van der Waals surface area (Å²) < 4.78 is 17.4. The van der Waals surface area contributed by atoms with Crippen LogP contribution in [0.4, 0.5) is 0 Å². The molecule has 0 bridgehead atoms. The van der Waals surface area contributed by atoms with Gasteiger partial charge in [-0.05, 0) is 65.2 Å². The summed E-state index contributed by atoms with van der Waals surface area (Å²) in [6, 6.07) is 13.8. The molecule has 1 aromatic heterocycles. The molecule has 1 saturated carbocycles. The lowest BCUT2D eigenvalue weighted by Crippen LogP contribution is -2.18. The van der Waals surface area contributed by atoms with E-state index in [1.807, 2.05) is 18.2 Å². The molecule has 5 nitrogen and oxygen atoms in total. The first-order valence-electron chi connectivity index (χ1n) is 9.94. The number of benzene rings is 2. The largest absolute Gasteiger partial charge is 0.465 e. The van der Waals surface area contributed by atoms with Crippen molar-refractivity contribution < 1.29 is 18.7 Å². The van der Waals surface area contributed by atoms with Gasteiger partial charge in [0.05, 0.1) is 19.3 Å². The van der Waals surface area contributed by atoms with Crippen molar-refractivity contribution in [3.63, 3.8) is 0 Å². The van der Waals surface area contributed by atoms with Crippen molar-refractivity contribution in [2.24, 2.45) is 5.92 Å². The topological polar surface area (TPSA) is 61.6 Å². The van der Waals surface area contributed by atoms with E-state index in [0.717, 1.165) is 38.2 Å². The average molecular weight is 458 g/mol. The minimum atomic E-state index is -0.390. The van der Waals surface area contributed by atoms with Crippen LogP contribution in [0.3, 0.4) is 0 Å². The number of fused-ring (bicyclic) bond motifs is 1. The van der Waals surface area contributed by atoms with Gasteiger partial charge in [-0.3, -0.25) is 0 Å². The molecule has 1 heterocycles. The first-order valence-corrected chi connectivity index (χ1v) is 10.7. The third-order valence-corrected chi connectivity index (χ3v) is 6.22. The number of ether oxygens (including phenoxy) is 2. The molecule has 0 atom stereocenters. The second kappa shape index (κ2) is 9.09. The molecule has 152 valence electrons. The Labute approximate surface area is 178 Å². The molecule has 1 fully saturated rings. The highest BCUT2D eigenvalue weighted by Crippen LogP contribution is 2.37. The van der Waals surface area contributed by atoms with Crippen LogP contribution in [-0.4, -0.2) is 24.7 Å². The van der Waals surface area contributed by atoms with Crippen molar-refractivity contribution in [1.82, 2.24) is 4.98 Å². The summed E-state index contributed by atoms with van der Waals surface area (Å²) in [4.78, 5) is 16.5. The fourth-order valence-corrected chi connectivity index (χ4v) is 4.39. The number of carbonyl (C=O) groups is 1. The number of nitrogens with zero attached hydrogens (tertiary/aromatic N) is 1. The third kappa shape index (κ3) is 4.70. The Morgan fingerprint density at radius 3 is 2.66 bits per heavy atom. The number of halogens is 1. The number of aromatic nitrogens is 1. The minimum absolute atomic E-state index is 0.313. The van der Waals surface area contributed by atoms with E-state index in [-0.39, 0.29) is 5.97 Å². The normalized spacial score (nSPS) is 19.4. The molecule has 2 aromatic carbocycles. The zero-order valence-corrected chi connectivity index (χ0v) is 18.0. The summed E-state index contributed by atoms with van der Waals surface area (Å²) >= 11 is 3.41. The predicted octanol–water partition coefficient (Wildman–Crippen LogP) is 5.87. The average Bonchev–Trinajstić information content (AvgIpc) is 3.16. The van der Waals surface area contributed by atoms with Crippen LogP contribution in [0.5, 0.6) is 0 Å². The van der Waals surface area contributed by atoms with Crippen LogP contribution in [0.2, 0.25) is 0 Å². The highest BCUT2D eigenvalue weighted by Gasteiger charge is 2.26. The van der Waals surface area contributed by atoms with Crippen molar-refractivity contribution in [1.29, 1.82) is 0 Å². The van der Waals surface area contributed by atoms with E-state index < -0.39 is 0 Å². The zero-order chi connectivity index (χ0) is 20.2. The molecule has 0 radical (unpaired) electrons. The molecular weight excluding hydrogens is 434 g/mol. The molecule has 0 unspecified atom stereocenters. The summed E-state index contributed by atoms with van der Waals surface area (Å²) in [6.07, 6.45) is 4.29. The number of methoxy groups -OCH3 is 1. The summed E-state index contributed by atoms with van der Waals surface area (Å²) in [7, 11) is 1.37. The van der Waals surface area contributed by atoms with Crippen molar-refractivity contribution in [2.75, 3.05) is 13.7 Å². The molecule has 0 N–H and O–H groups in total. The van der Waals surface area contributed by atoms with Gasteiger partial charge in [0.1, 0.15) is 5.52 Å². The van der Waals surface area contributed by atoms with E-state index in [1.165, 1.54) is 12.7 Å².